The van der Waals surface area contributed by atoms with Crippen molar-refractivity contribution in [2.45, 2.75) is 19.3 Å². The van der Waals surface area contributed by atoms with Crippen molar-refractivity contribution in [1.82, 2.24) is 14.9 Å². The number of piperidine rings is 1. The lowest BCUT2D eigenvalue weighted by atomic mass is 9.89. The van der Waals surface area contributed by atoms with Crippen molar-refractivity contribution < 1.29 is 13.9 Å². The van der Waals surface area contributed by atoms with Gasteiger partial charge in [-0.2, -0.15) is 0 Å². The maximum Gasteiger partial charge on any atom is 0.166 e. The van der Waals surface area contributed by atoms with Crippen LogP contribution < -0.4 is 4.74 Å². The quantitative estimate of drug-likeness (QED) is 0.322. The van der Waals surface area contributed by atoms with Crippen LogP contribution in [-0.2, 0) is 0 Å². The van der Waals surface area contributed by atoms with E-state index in [0.29, 0.717) is 12.2 Å². The standard InChI is InChI=1S/C26H26FN3O2/c27-20-7-5-18(6-8-20)26(31)19-10-14-30(15-11-19)13-2-16-32-24-4-1-3-22-25(24)21-9-12-28-17-23(21)29-22/h1,3-9,12,17,19,29H,2,10-11,13-16H2. The molecule has 6 heteroatoms. The summed E-state index contributed by atoms with van der Waals surface area (Å²) in [6, 6.07) is 14.0. The molecule has 5 nitrogen and oxygen atoms in total. The molecule has 0 atom stereocenters. The van der Waals surface area contributed by atoms with E-state index >= 15 is 0 Å². The van der Waals surface area contributed by atoms with Gasteiger partial charge in [-0.25, -0.2) is 4.39 Å². The summed E-state index contributed by atoms with van der Waals surface area (Å²) in [5.74, 6) is 0.747. The van der Waals surface area contributed by atoms with Gasteiger partial charge in [-0.1, -0.05) is 6.07 Å². The van der Waals surface area contributed by atoms with Crippen molar-refractivity contribution in [3.8, 4) is 5.75 Å². The van der Waals surface area contributed by atoms with Gasteiger partial charge >= 0.3 is 0 Å². The third kappa shape index (κ3) is 4.23. The summed E-state index contributed by atoms with van der Waals surface area (Å²) in [5.41, 5.74) is 2.68. The van der Waals surface area contributed by atoms with Crippen LogP contribution >= 0.6 is 0 Å². The number of halogens is 1. The summed E-state index contributed by atoms with van der Waals surface area (Å²) in [5, 5.41) is 2.23. The highest BCUT2D eigenvalue weighted by molar-refractivity contribution is 6.10. The monoisotopic (exact) mass is 431 g/mol. The summed E-state index contributed by atoms with van der Waals surface area (Å²) in [4.78, 5) is 22.6. The molecule has 164 valence electrons. The third-order valence-corrected chi connectivity index (χ3v) is 6.35. The molecule has 0 amide bonds. The Morgan fingerprint density at radius 1 is 1.09 bits per heavy atom. The van der Waals surface area contributed by atoms with Crippen LogP contribution in [0.3, 0.4) is 0 Å². The summed E-state index contributed by atoms with van der Waals surface area (Å²) in [7, 11) is 0. The topological polar surface area (TPSA) is 58.2 Å². The normalized spacial score (nSPS) is 15.4. The number of fused-ring (bicyclic) bond motifs is 3. The largest absolute Gasteiger partial charge is 0.493 e. The zero-order valence-electron chi connectivity index (χ0n) is 17.9. The molecule has 1 fully saturated rings. The van der Waals surface area contributed by atoms with Crippen molar-refractivity contribution >= 4 is 27.6 Å². The Morgan fingerprint density at radius 2 is 1.91 bits per heavy atom. The van der Waals surface area contributed by atoms with Gasteiger partial charge in [-0.05, 0) is 74.8 Å². The zero-order valence-corrected chi connectivity index (χ0v) is 17.9. The molecule has 0 spiro atoms. The van der Waals surface area contributed by atoms with Gasteiger partial charge in [-0.3, -0.25) is 9.78 Å². The van der Waals surface area contributed by atoms with Gasteiger partial charge in [0.2, 0.25) is 0 Å². The maximum atomic E-state index is 13.1. The van der Waals surface area contributed by atoms with Crippen LogP contribution in [0.1, 0.15) is 29.6 Å². The van der Waals surface area contributed by atoms with Crippen LogP contribution in [0.25, 0.3) is 21.8 Å². The van der Waals surface area contributed by atoms with E-state index in [1.807, 2.05) is 24.4 Å². The Hall–Kier alpha value is -3.25. The molecule has 2 aromatic carbocycles. The number of pyridine rings is 1. The lowest BCUT2D eigenvalue weighted by Gasteiger charge is -2.31. The summed E-state index contributed by atoms with van der Waals surface area (Å²) in [6.07, 6.45) is 6.26. The molecule has 0 radical (unpaired) electrons. The number of ketones is 1. The number of aromatic nitrogens is 2. The molecule has 0 unspecified atom stereocenters. The fraction of sp³-hybridized carbons (Fsp3) is 0.308. The molecule has 1 aliphatic heterocycles. The fourth-order valence-corrected chi connectivity index (χ4v) is 4.63. The number of nitrogens with one attached hydrogen (secondary N) is 1. The van der Waals surface area contributed by atoms with E-state index in [0.717, 1.165) is 66.5 Å². The van der Waals surface area contributed by atoms with E-state index in [9.17, 15) is 9.18 Å². The number of rotatable bonds is 7. The van der Waals surface area contributed by atoms with Crippen LogP contribution in [0, 0.1) is 11.7 Å². The number of likely N-dealkylation sites (tertiary alicyclic amines) is 1. The SMILES string of the molecule is O=C(c1ccc(F)cc1)C1CCN(CCCOc2cccc3[nH]c4cnccc4c23)CC1. The molecule has 0 bridgehead atoms. The van der Waals surface area contributed by atoms with Crippen LogP contribution in [0.2, 0.25) is 0 Å². The van der Waals surface area contributed by atoms with Crippen LogP contribution in [0.15, 0.2) is 60.9 Å². The second-order valence-corrected chi connectivity index (χ2v) is 8.41. The molecular weight excluding hydrogens is 405 g/mol. The lowest BCUT2D eigenvalue weighted by Crippen LogP contribution is -2.37. The molecule has 2 aromatic heterocycles. The highest BCUT2D eigenvalue weighted by atomic mass is 19.1. The lowest BCUT2D eigenvalue weighted by molar-refractivity contribution is 0.0835. The van der Waals surface area contributed by atoms with Crippen molar-refractivity contribution in [3.05, 3.63) is 72.3 Å². The molecule has 1 aliphatic rings. The minimum absolute atomic E-state index is 0.0296. The number of hydrogen-bond acceptors (Lipinski definition) is 4. The summed E-state index contributed by atoms with van der Waals surface area (Å²) < 4.78 is 19.2. The van der Waals surface area contributed by atoms with E-state index in [2.05, 4.69) is 20.9 Å². The number of aromatic amines is 1. The van der Waals surface area contributed by atoms with E-state index < -0.39 is 0 Å². The molecule has 1 saturated heterocycles. The Morgan fingerprint density at radius 3 is 2.72 bits per heavy atom. The Kier molecular flexibility index (Phi) is 5.86. The summed E-state index contributed by atoms with van der Waals surface area (Å²) in [6.45, 7) is 3.40. The van der Waals surface area contributed by atoms with E-state index in [1.165, 1.54) is 12.1 Å². The van der Waals surface area contributed by atoms with Gasteiger partial charge in [0.05, 0.1) is 23.8 Å². The first-order valence-corrected chi connectivity index (χ1v) is 11.2. The second-order valence-electron chi connectivity index (χ2n) is 8.41. The maximum absolute atomic E-state index is 13.1. The summed E-state index contributed by atoms with van der Waals surface area (Å²) >= 11 is 0. The second kappa shape index (κ2) is 9.09. The molecule has 3 heterocycles. The molecule has 0 aliphatic carbocycles. The van der Waals surface area contributed by atoms with Gasteiger partial charge in [-0.15, -0.1) is 0 Å². The van der Waals surface area contributed by atoms with Crippen molar-refractivity contribution in [1.29, 1.82) is 0 Å². The van der Waals surface area contributed by atoms with Crippen molar-refractivity contribution in [3.63, 3.8) is 0 Å². The number of ether oxygens (including phenoxy) is 1. The molecule has 32 heavy (non-hydrogen) atoms. The van der Waals surface area contributed by atoms with Gasteiger partial charge in [0, 0.05) is 35.0 Å². The number of carbonyl (C=O) groups excluding carboxylic acids is 1. The molecule has 1 N–H and O–H groups in total. The molecule has 5 rings (SSSR count). The molecule has 0 saturated carbocycles. The Balaban J connectivity index is 1.12. The molecular formula is C26H26FN3O2. The minimum atomic E-state index is -0.309. The van der Waals surface area contributed by atoms with Crippen LogP contribution in [0.5, 0.6) is 5.75 Å². The number of hydrogen-bond donors (Lipinski definition) is 1. The number of Topliss-reactive ketones (excluding diaryl/α,β-unsaturated/α-hetero) is 1. The first-order valence-electron chi connectivity index (χ1n) is 11.2. The highest BCUT2D eigenvalue weighted by Crippen LogP contribution is 2.32. The van der Waals surface area contributed by atoms with Crippen LogP contribution in [-0.4, -0.2) is 46.9 Å². The number of carbonyl (C=O) groups is 1. The Bertz CT molecular complexity index is 1230. The molecule has 4 aromatic rings. The zero-order chi connectivity index (χ0) is 21.9. The third-order valence-electron chi connectivity index (χ3n) is 6.35. The fourth-order valence-electron chi connectivity index (χ4n) is 4.63. The average Bonchev–Trinajstić information content (AvgIpc) is 3.22. The van der Waals surface area contributed by atoms with Gasteiger partial charge < -0.3 is 14.6 Å². The minimum Gasteiger partial charge on any atom is -0.493 e. The van der Waals surface area contributed by atoms with E-state index in [-0.39, 0.29) is 17.5 Å². The van der Waals surface area contributed by atoms with Gasteiger partial charge in [0.25, 0.3) is 0 Å². The smallest absolute Gasteiger partial charge is 0.166 e. The first kappa shape index (κ1) is 20.6. The first-order chi connectivity index (χ1) is 15.7. The van der Waals surface area contributed by atoms with E-state index in [4.69, 9.17) is 4.74 Å². The average molecular weight is 432 g/mol. The highest BCUT2D eigenvalue weighted by Gasteiger charge is 2.25. The predicted octanol–water partition coefficient (Wildman–Crippen LogP) is 5.22. The Labute approximate surface area is 186 Å². The van der Waals surface area contributed by atoms with Crippen LogP contribution in [0.4, 0.5) is 4.39 Å². The van der Waals surface area contributed by atoms with Crippen molar-refractivity contribution in [2.75, 3.05) is 26.2 Å². The van der Waals surface area contributed by atoms with Crippen molar-refractivity contribution in [2.24, 2.45) is 5.92 Å². The van der Waals surface area contributed by atoms with E-state index in [1.54, 1.807) is 18.3 Å². The number of nitrogens with zero attached hydrogens (tertiary/aromatic N) is 2. The number of benzene rings is 2. The predicted molar refractivity (Wildman–Crippen MR) is 124 cm³/mol. The van der Waals surface area contributed by atoms with Gasteiger partial charge in [0.1, 0.15) is 11.6 Å². The van der Waals surface area contributed by atoms with Gasteiger partial charge in [0.15, 0.2) is 5.78 Å². The number of H-pyrrole nitrogens is 1.